The maximum Gasteiger partial charge on any atom is 0.341 e. The molecule has 1 aromatic carbocycles. The lowest BCUT2D eigenvalue weighted by molar-refractivity contribution is -0.118. The number of pyridine rings is 1. The van der Waals surface area contributed by atoms with Crippen molar-refractivity contribution in [3.8, 4) is 11.1 Å². The van der Waals surface area contributed by atoms with Gasteiger partial charge in [0.25, 0.3) is 0 Å². The van der Waals surface area contributed by atoms with E-state index in [1.807, 2.05) is 31.6 Å². The van der Waals surface area contributed by atoms with Crippen molar-refractivity contribution in [1.82, 2.24) is 15.5 Å². The van der Waals surface area contributed by atoms with Crippen LogP contribution in [0.2, 0.25) is 5.02 Å². The second-order valence-electron chi connectivity index (χ2n) is 10.6. The highest BCUT2D eigenvalue weighted by atomic mass is 35.5. The molecule has 41 heavy (non-hydrogen) atoms. The van der Waals surface area contributed by atoms with Gasteiger partial charge in [-0.05, 0) is 56.5 Å². The van der Waals surface area contributed by atoms with Crippen LogP contribution in [0.3, 0.4) is 0 Å². The molecule has 4 rings (SSSR count). The van der Waals surface area contributed by atoms with Crippen LogP contribution in [-0.2, 0) is 17.8 Å². The number of fused-ring (bicyclic) bond motifs is 1. The van der Waals surface area contributed by atoms with E-state index in [9.17, 15) is 9.59 Å². The van der Waals surface area contributed by atoms with Crippen LogP contribution < -0.4 is 10.2 Å². The van der Waals surface area contributed by atoms with Crippen molar-refractivity contribution >= 4 is 29.2 Å². The molecule has 0 radical (unpaired) electrons. The Morgan fingerprint density at radius 1 is 1.07 bits per heavy atom. The van der Waals surface area contributed by atoms with Gasteiger partial charge in [0.2, 0.25) is 5.91 Å². The normalized spacial score (nSPS) is 12.6. The second-order valence-corrected chi connectivity index (χ2v) is 11.0. The average Bonchev–Trinajstić information content (AvgIpc) is 3.30. The number of aryl methyl sites for hydroxylation is 3. The quantitative estimate of drug-likeness (QED) is 0.200. The Balaban J connectivity index is 0.000000389. The number of amides is 1. The molecule has 0 atom stereocenters. The van der Waals surface area contributed by atoms with Crippen LogP contribution in [0.25, 0.3) is 11.1 Å². The largest absolute Gasteiger partial charge is 0.477 e. The predicted octanol–water partition coefficient (Wildman–Crippen LogP) is 7.53. The lowest BCUT2D eigenvalue weighted by Gasteiger charge is -2.26. The Kier molecular flexibility index (Phi) is 12.8. The minimum atomic E-state index is -0.990. The molecule has 0 saturated heterocycles. The van der Waals surface area contributed by atoms with E-state index in [4.69, 9.17) is 16.7 Å². The first-order valence-corrected chi connectivity index (χ1v) is 15.0. The van der Waals surface area contributed by atoms with E-state index in [0.717, 1.165) is 46.9 Å². The van der Waals surface area contributed by atoms with Crippen LogP contribution >= 0.6 is 11.6 Å². The third-order valence-electron chi connectivity index (χ3n) is 7.46. The molecule has 3 heterocycles. The Labute approximate surface area is 248 Å². The number of aromatic carboxylic acids is 1. The zero-order valence-electron chi connectivity index (χ0n) is 24.8. The topological polar surface area (TPSA) is 109 Å². The minimum Gasteiger partial charge on any atom is -0.477 e. The van der Waals surface area contributed by atoms with E-state index in [0.29, 0.717) is 17.9 Å². The number of anilines is 1. The third-order valence-corrected chi connectivity index (χ3v) is 7.90. The lowest BCUT2D eigenvalue weighted by Crippen LogP contribution is -2.30. The number of aromatic nitrogens is 2. The second kappa shape index (κ2) is 16.3. The highest BCUT2D eigenvalue weighted by Gasteiger charge is 2.21. The molecule has 0 bridgehead atoms. The summed E-state index contributed by atoms with van der Waals surface area (Å²) >= 11 is 6.76. The van der Waals surface area contributed by atoms with Gasteiger partial charge in [0.15, 0.2) is 0 Å². The van der Waals surface area contributed by atoms with Crippen LogP contribution in [0.4, 0.5) is 5.69 Å². The molecule has 1 amide bonds. The van der Waals surface area contributed by atoms with Gasteiger partial charge in [-0.2, -0.15) is 0 Å². The fourth-order valence-corrected chi connectivity index (χ4v) is 5.31. The number of halogens is 1. The monoisotopic (exact) mass is 582 g/mol. The van der Waals surface area contributed by atoms with Crippen LogP contribution in [0, 0.1) is 13.8 Å². The van der Waals surface area contributed by atoms with E-state index in [1.54, 1.807) is 18.7 Å². The molecule has 8 nitrogen and oxygen atoms in total. The number of benzene rings is 1. The maximum atomic E-state index is 11.9. The zero-order chi connectivity index (χ0) is 29.8. The van der Waals surface area contributed by atoms with Gasteiger partial charge in [-0.3, -0.25) is 9.78 Å². The van der Waals surface area contributed by atoms with Crippen molar-refractivity contribution < 1.29 is 19.2 Å². The van der Waals surface area contributed by atoms with Crippen LogP contribution in [0.1, 0.15) is 97.7 Å². The number of nitrogens with one attached hydrogen (secondary N) is 1. The number of unbranched alkanes of at least 4 members (excludes halogenated alkanes) is 7. The van der Waals surface area contributed by atoms with Gasteiger partial charge in [0.1, 0.15) is 11.3 Å². The van der Waals surface area contributed by atoms with Crippen molar-refractivity contribution in [2.24, 2.45) is 0 Å². The fourth-order valence-electron chi connectivity index (χ4n) is 5.03. The SMILES string of the molecule is CCCCCCCCCCNCc1cncc(-c2ccc3c(c2)CCC(=O)N3C)c1Cl.Cc1noc(C)c1C(=O)O. The summed E-state index contributed by atoms with van der Waals surface area (Å²) < 4.78 is 4.63. The number of hydrogen-bond donors (Lipinski definition) is 2. The van der Waals surface area contributed by atoms with Crippen molar-refractivity contribution in [3.05, 3.63) is 63.8 Å². The molecule has 3 aromatic rings. The van der Waals surface area contributed by atoms with Crippen LogP contribution in [-0.4, -0.2) is 40.7 Å². The van der Waals surface area contributed by atoms with Gasteiger partial charge in [0.05, 0.1) is 10.7 Å². The average molecular weight is 583 g/mol. The summed E-state index contributed by atoms with van der Waals surface area (Å²) in [6.07, 6.45) is 15.7. The van der Waals surface area contributed by atoms with E-state index in [2.05, 4.69) is 33.0 Å². The molecule has 2 aromatic heterocycles. The molecule has 0 unspecified atom stereocenters. The van der Waals surface area contributed by atoms with Crippen molar-refractivity contribution in [2.75, 3.05) is 18.5 Å². The maximum absolute atomic E-state index is 11.9. The number of carboxylic acids is 1. The molecule has 0 saturated carbocycles. The Morgan fingerprint density at radius 2 is 1.78 bits per heavy atom. The van der Waals surface area contributed by atoms with Gasteiger partial charge >= 0.3 is 5.97 Å². The summed E-state index contributed by atoms with van der Waals surface area (Å²) in [5.74, 6) is -0.467. The summed E-state index contributed by atoms with van der Waals surface area (Å²) in [7, 11) is 1.84. The van der Waals surface area contributed by atoms with Crippen LogP contribution in [0.15, 0.2) is 35.1 Å². The zero-order valence-corrected chi connectivity index (χ0v) is 25.5. The Hall–Kier alpha value is -3.23. The standard InChI is InChI=1S/C26H36ClN3O.C6H7NO3/c1-3-4-5-6-7-8-9-10-15-28-17-22-18-29-19-23(26(22)27)20-11-13-24-21(16-20)12-14-25(31)30(24)2;1-3-5(6(8)9)4(2)10-7-3/h11,13,16,18-19,28H,3-10,12,14-15,17H2,1-2H3;1-2H3,(H,8,9). The van der Waals surface area contributed by atoms with Crippen LogP contribution in [0.5, 0.6) is 0 Å². The number of rotatable bonds is 13. The number of hydrogen-bond acceptors (Lipinski definition) is 6. The summed E-state index contributed by atoms with van der Waals surface area (Å²) in [6.45, 7) is 7.18. The van der Waals surface area contributed by atoms with E-state index >= 15 is 0 Å². The van der Waals surface area contributed by atoms with E-state index in [-0.39, 0.29) is 11.5 Å². The summed E-state index contributed by atoms with van der Waals surface area (Å²) in [4.78, 5) is 28.5. The Morgan fingerprint density at radius 3 is 2.41 bits per heavy atom. The summed E-state index contributed by atoms with van der Waals surface area (Å²) in [5, 5.41) is 16.3. The first kappa shape index (κ1) is 32.3. The number of carbonyl (C=O) groups excluding carboxylic acids is 1. The van der Waals surface area contributed by atoms with Crippen molar-refractivity contribution in [2.45, 2.75) is 91.5 Å². The molecular weight excluding hydrogens is 540 g/mol. The molecule has 1 aliphatic heterocycles. The number of carbonyl (C=O) groups is 2. The molecule has 222 valence electrons. The lowest BCUT2D eigenvalue weighted by atomic mass is 9.96. The predicted molar refractivity (Wildman–Crippen MR) is 164 cm³/mol. The third kappa shape index (κ3) is 9.13. The molecular formula is C32H43ClN4O4. The van der Waals surface area contributed by atoms with Crippen molar-refractivity contribution in [1.29, 1.82) is 0 Å². The highest BCUT2D eigenvalue weighted by Crippen LogP contribution is 2.35. The smallest absolute Gasteiger partial charge is 0.341 e. The Bertz CT molecular complexity index is 1290. The van der Waals surface area contributed by atoms with E-state index in [1.165, 1.54) is 56.9 Å². The van der Waals surface area contributed by atoms with Gasteiger partial charge in [0, 0.05) is 49.2 Å². The number of nitrogens with zero attached hydrogens (tertiary/aromatic N) is 3. The minimum absolute atomic E-state index is 0.167. The van der Waals surface area contributed by atoms with E-state index < -0.39 is 5.97 Å². The molecule has 1 aliphatic rings. The fraction of sp³-hybridized carbons (Fsp3) is 0.500. The van der Waals surface area contributed by atoms with Crippen molar-refractivity contribution in [3.63, 3.8) is 0 Å². The van der Waals surface area contributed by atoms with Gasteiger partial charge in [-0.25, -0.2) is 4.79 Å². The molecule has 0 spiro atoms. The molecule has 2 N–H and O–H groups in total. The first-order valence-electron chi connectivity index (χ1n) is 14.6. The highest BCUT2D eigenvalue weighted by molar-refractivity contribution is 6.34. The summed E-state index contributed by atoms with van der Waals surface area (Å²) in [5.41, 5.74) is 5.81. The molecule has 0 fully saturated rings. The molecule has 0 aliphatic carbocycles. The number of carboxylic acid groups (broad SMARTS) is 1. The molecule has 9 heteroatoms. The van der Waals surface area contributed by atoms with Gasteiger partial charge < -0.3 is 19.8 Å². The summed E-state index contributed by atoms with van der Waals surface area (Å²) in [6, 6.07) is 6.21. The van der Waals surface area contributed by atoms with Gasteiger partial charge in [-0.1, -0.05) is 74.7 Å². The van der Waals surface area contributed by atoms with Gasteiger partial charge in [-0.15, -0.1) is 0 Å². The first-order chi connectivity index (χ1) is 19.7.